The summed E-state index contributed by atoms with van der Waals surface area (Å²) in [7, 11) is 0. The fourth-order valence-corrected chi connectivity index (χ4v) is 3.63. The molecule has 1 aliphatic rings. The molecule has 0 atom stereocenters. The van der Waals surface area contributed by atoms with Gasteiger partial charge in [-0.25, -0.2) is 4.99 Å². The van der Waals surface area contributed by atoms with Crippen molar-refractivity contribution in [3.8, 4) is 0 Å². The number of nitrogens with two attached hydrogens (primary N) is 1. The normalized spacial score (nSPS) is 15.2. The van der Waals surface area contributed by atoms with Crippen LogP contribution < -0.4 is 5.73 Å². The van der Waals surface area contributed by atoms with Crippen molar-refractivity contribution in [1.82, 2.24) is 3.97 Å². The van der Waals surface area contributed by atoms with Crippen LogP contribution in [0.5, 0.6) is 0 Å². The molecule has 1 aromatic carbocycles. The van der Waals surface area contributed by atoms with E-state index < -0.39 is 0 Å². The lowest BCUT2D eigenvalue weighted by molar-refractivity contribution is 0.999. The topological polar surface area (TPSA) is 43.3 Å². The van der Waals surface area contributed by atoms with E-state index in [9.17, 15) is 0 Å². The van der Waals surface area contributed by atoms with Gasteiger partial charge in [0.25, 0.3) is 0 Å². The van der Waals surface area contributed by atoms with Crippen molar-refractivity contribution >= 4 is 41.8 Å². The molecule has 0 spiro atoms. The summed E-state index contributed by atoms with van der Waals surface area (Å²) in [4.78, 5) is 4.83. The van der Waals surface area contributed by atoms with E-state index in [1.54, 1.807) is 0 Å². The van der Waals surface area contributed by atoms with Gasteiger partial charge in [-0.1, -0.05) is 56.5 Å². The van der Waals surface area contributed by atoms with Gasteiger partial charge in [-0.15, -0.1) is 0 Å². The molecule has 0 radical (unpaired) electrons. The lowest BCUT2D eigenvalue weighted by Gasteiger charge is -2.10. The Kier molecular flexibility index (Phi) is 8.36. The molecule has 0 saturated heterocycles. The van der Waals surface area contributed by atoms with Crippen LogP contribution in [0.3, 0.4) is 0 Å². The van der Waals surface area contributed by atoms with Crippen molar-refractivity contribution in [2.24, 2.45) is 10.7 Å². The fourth-order valence-electron chi connectivity index (χ4n) is 3.08. The van der Waals surface area contributed by atoms with Crippen LogP contribution in [0.15, 0.2) is 64.9 Å². The maximum atomic E-state index is 6.31. The standard InChI is InChI=1S/C21H22ClN3S.C2H6/c1-14-5-3-6-19(22)17(14)9-8-16-13-15(2)21(24-16)18(10-11-23)20-7-4-12-25(20)26;1-2/h3-9,12-13,26H,10-11,23H2,1-2H3;1-2H3/b9-8+,21-18-;. The van der Waals surface area contributed by atoms with Gasteiger partial charge in [-0.05, 0) is 73.9 Å². The Balaban J connectivity index is 0.00000136. The predicted octanol–water partition coefficient (Wildman–Crippen LogP) is 6.34. The van der Waals surface area contributed by atoms with E-state index in [1.807, 2.05) is 60.4 Å². The lowest BCUT2D eigenvalue weighted by atomic mass is 10.0. The van der Waals surface area contributed by atoms with E-state index in [1.165, 1.54) is 0 Å². The highest BCUT2D eigenvalue weighted by Crippen LogP contribution is 2.32. The van der Waals surface area contributed by atoms with Gasteiger partial charge in [0.05, 0.1) is 17.1 Å². The fraction of sp³-hybridized carbons (Fsp3) is 0.261. The zero-order chi connectivity index (χ0) is 20.7. The summed E-state index contributed by atoms with van der Waals surface area (Å²) >= 11 is 10.8. The summed E-state index contributed by atoms with van der Waals surface area (Å²) in [6.45, 7) is 8.68. The summed E-state index contributed by atoms with van der Waals surface area (Å²) < 4.78 is 1.81. The molecule has 3 nitrogen and oxygen atoms in total. The van der Waals surface area contributed by atoms with Crippen molar-refractivity contribution in [3.05, 3.63) is 81.8 Å². The smallest absolute Gasteiger partial charge is 0.0720 e. The number of allylic oxidation sites excluding steroid dienone is 3. The van der Waals surface area contributed by atoms with Gasteiger partial charge in [0.2, 0.25) is 0 Å². The summed E-state index contributed by atoms with van der Waals surface area (Å²) in [6, 6.07) is 9.91. The van der Waals surface area contributed by atoms with Crippen LogP contribution in [0.2, 0.25) is 5.02 Å². The largest absolute Gasteiger partial charge is 0.330 e. The highest BCUT2D eigenvalue weighted by atomic mass is 35.5. The van der Waals surface area contributed by atoms with Crippen molar-refractivity contribution in [2.75, 3.05) is 6.54 Å². The second-order valence-corrected chi connectivity index (χ2v) is 7.11. The average molecular weight is 414 g/mol. The summed E-state index contributed by atoms with van der Waals surface area (Å²) in [6.07, 6.45) is 8.77. The zero-order valence-electron chi connectivity index (χ0n) is 16.9. The van der Waals surface area contributed by atoms with Gasteiger partial charge >= 0.3 is 0 Å². The van der Waals surface area contributed by atoms with E-state index in [2.05, 4.69) is 38.8 Å². The van der Waals surface area contributed by atoms with Gasteiger partial charge in [0.15, 0.2) is 0 Å². The third-order valence-corrected chi connectivity index (χ3v) is 5.07. The molecular weight excluding hydrogens is 386 g/mol. The molecule has 0 amide bonds. The van der Waals surface area contributed by atoms with E-state index >= 15 is 0 Å². The second-order valence-electron chi connectivity index (χ2n) is 6.27. The van der Waals surface area contributed by atoms with Crippen LogP contribution >= 0.6 is 24.4 Å². The molecule has 0 unspecified atom stereocenters. The molecule has 1 aromatic heterocycles. The first-order valence-electron chi connectivity index (χ1n) is 9.52. The molecule has 2 N–H and O–H groups in total. The first kappa shape index (κ1) is 22.3. The van der Waals surface area contributed by atoms with Crippen LogP contribution in [0.4, 0.5) is 0 Å². The number of thiol groups is 1. The van der Waals surface area contributed by atoms with Gasteiger partial charge in [-0.2, -0.15) is 0 Å². The van der Waals surface area contributed by atoms with Crippen molar-refractivity contribution in [3.63, 3.8) is 0 Å². The van der Waals surface area contributed by atoms with Crippen molar-refractivity contribution in [1.29, 1.82) is 0 Å². The Bertz CT molecular complexity index is 928. The number of hydrogen-bond donors (Lipinski definition) is 2. The van der Waals surface area contributed by atoms with E-state index in [0.29, 0.717) is 6.54 Å². The van der Waals surface area contributed by atoms with Crippen molar-refractivity contribution < 1.29 is 0 Å². The first-order valence-corrected chi connectivity index (χ1v) is 10.3. The zero-order valence-corrected chi connectivity index (χ0v) is 18.6. The average Bonchev–Trinajstić information content (AvgIpc) is 3.26. The molecule has 0 bridgehead atoms. The third-order valence-electron chi connectivity index (χ3n) is 4.39. The molecule has 2 heterocycles. The number of rotatable bonds is 5. The molecule has 0 saturated carbocycles. The highest BCUT2D eigenvalue weighted by molar-refractivity contribution is 7.78. The SMILES string of the molecule is CC.CC1=CC(/C=C/c2c(C)cccc2Cl)=NC/1=C(/CCN)c1cccn1S. The molecular formula is C23H28ClN3S. The molecule has 0 fully saturated rings. The van der Waals surface area contributed by atoms with E-state index in [4.69, 9.17) is 22.3 Å². The number of nitrogens with zero attached hydrogens (tertiary/aromatic N) is 2. The van der Waals surface area contributed by atoms with Gasteiger partial charge in [-0.3, -0.25) is 3.97 Å². The van der Waals surface area contributed by atoms with Crippen LogP contribution in [-0.4, -0.2) is 16.2 Å². The summed E-state index contributed by atoms with van der Waals surface area (Å²) in [5, 5.41) is 0.744. The number of benzene rings is 1. The predicted molar refractivity (Wildman–Crippen MR) is 127 cm³/mol. The number of aromatic nitrogens is 1. The minimum absolute atomic E-state index is 0.560. The highest BCUT2D eigenvalue weighted by Gasteiger charge is 2.17. The molecule has 0 aliphatic carbocycles. The Morgan fingerprint density at radius 2 is 1.93 bits per heavy atom. The number of halogens is 1. The quantitative estimate of drug-likeness (QED) is 0.551. The van der Waals surface area contributed by atoms with Gasteiger partial charge < -0.3 is 5.73 Å². The van der Waals surface area contributed by atoms with E-state index in [-0.39, 0.29) is 0 Å². The van der Waals surface area contributed by atoms with Crippen LogP contribution in [0.25, 0.3) is 11.6 Å². The minimum Gasteiger partial charge on any atom is -0.330 e. The molecule has 3 rings (SSSR count). The van der Waals surface area contributed by atoms with E-state index in [0.717, 1.165) is 50.8 Å². The summed E-state index contributed by atoms with van der Waals surface area (Å²) in [5.41, 5.74) is 13.1. The minimum atomic E-state index is 0.560. The second kappa shape index (κ2) is 10.5. The summed E-state index contributed by atoms with van der Waals surface area (Å²) in [5.74, 6) is 0. The van der Waals surface area contributed by atoms with Crippen LogP contribution in [0.1, 0.15) is 44.0 Å². The van der Waals surface area contributed by atoms with Crippen LogP contribution in [0, 0.1) is 6.92 Å². The van der Waals surface area contributed by atoms with Crippen molar-refractivity contribution in [2.45, 2.75) is 34.1 Å². The molecule has 5 heteroatoms. The number of hydrogen-bond acceptors (Lipinski definition) is 3. The monoisotopic (exact) mass is 413 g/mol. The maximum absolute atomic E-state index is 6.31. The molecule has 2 aromatic rings. The maximum Gasteiger partial charge on any atom is 0.0720 e. The number of aryl methyl sites for hydroxylation is 1. The number of aliphatic imine (C=N–C) groups is 1. The first-order chi connectivity index (χ1) is 13.5. The van der Waals surface area contributed by atoms with Gasteiger partial charge in [0.1, 0.15) is 0 Å². The molecule has 28 heavy (non-hydrogen) atoms. The Hall–Kier alpha value is -2.01. The van der Waals surface area contributed by atoms with Crippen LogP contribution in [-0.2, 0) is 0 Å². The van der Waals surface area contributed by atoms with Gasteiger partial charge in [0, 0.05) is 16.8 Å². The molecule has 148 valence electrons. The Labute approximate surface area is 178 Å². The lowest BCUT2D eigenvalue weighted by Crippen LogP contribution is -2.03. The Morgan fingerprint density at radius 1 is 1.18 bits per heavy atom. The Morgan fingerprint density at radius 3 is 2.54 bits per heavy atom. The molecule has 1 aliphatic heterocycles. The third kappa shape index (κ3) is 5.07.